The first-order chi connectivity index (χ1) is 15.4. The topological polar surface area (TPSA) is 57.7 Å². The van der Waals surface area contributed by atoms with Crippen LogP contribution in [-0.2, 0) is 20.8 Å². The Hall–Kier alpha value is -1.93. The van der Waals surface area contributed by atoms with Crippen molar-refractivity contribution >= 4 is 57.6 Å². The highest BCUT2D eigenvalue weighted by atomic mass is 127. The molecule has 1 atom stereocenters. The maximum atomic E-state index is 13.5. The second-order valence-electron chi connectivity index (χ2n) is 8.51. The van der Waals surface area contributed by atoms with Crippen molar-refractivity contribution in [2.45, 2.75) is 63.5 Å². The molecule has 0 N–H and O–H groups in total. The Labute approximate surface area is 207 Å². The fourth-order valence-corrected chi connectivity index (χ4v) is 5.22. The van der Waals surface area contributed by atoms with Crippen LogP contribution < -0.4 is 4.90 Å². The largest absolute Gasteiger partial charge is 0.327 e. The Morgan fingerprint density at radius 2 is 1.59 bits per heavy atom. The maximum absolute atomic E-state index is 13.5. The standard InChI is InChI=1S/C25H26ClIN2O3/c26-18-9-7-17(8-10-18)15-23(30)28(20-5-3-1-2-4-6-20)22-16-24(31)29(25(22)32)21-13-11-19(27)12-14-21/h7-14,20,22H,1-6,15-16H2. The number of carbonyl (C=O) groups excluding carboxylic acids is 3. The first-order valence-corrected chi connectivity index (χ1v) is 12.6. The summed E-state index contributed by atoms with van der Waals surface area (Å²) in [6.07, 6.45) is 6.31. The van der Waals surface area contributed by atoms with E-state index >= 15 is 0 Å². The number of rotatable bonds is 5. The summed E-state index contributed by atoms with van der Waals surface area (Å²) in [6.45, 7) is 0. The molecule has 1 unspecified atom stereocenters. The van der Waals surface area contributed by atoms with Gasteiger partial charge in [-0.3, -0.25) is 14.4 Å². The number of imide groups is 1. The Morgan fingerprint density at radius 1 is 0.969 bits per heavy atom. The van der Waals surface area contributed by atoms with Gasteiger partial charge in [0.2, 0.25) is 11.8 Å². The van der Waals surface area contributed by atoms with Crippen molar-refractivity contribution < 1.29 is 14.4 Å². The van der Waals surface area contributed by atoms with Crippen molar-refractivity contribution in [3.8, 4) is 0 Å². The summed E-state index contributed by atoms with van der Waals surface area (Å²) in [5.41, 5.74) is 1.41. The predicted octanol–water partition coefficient (Wildman–Crippen LogP) is 5.37. The molecule has 1 aliphatic carbocycles. The molecule has 2 aliphatic rings. The molecule has 32 heavy (non-hydrogen) atoms. The van der Waals surface area contributed by atoms with Crippen LogP contribution in [0.5, 0.6) is 0 Å². The lowest BCUT2D eigenvalue weighted by Gasteiger charge is -2.35. The summed E-state index contributed by atoms with van der Waals surface area (Å²) in [5.74, 6) is -0.654. The first-order valence-electron chi connectivity index (χ1n) is 11.1. The first kappa shape index (κ1) is 23.2. The molecule has 5 nitrogen and oxygen atoms in total. The summed E-state index contributed by atoms with van der Waals surface area (Å²) in [4.78, 5) is 42.9. The number of amides is 3. The molecule has 2 aromatic rings. The van der Waals surface area contributed by atoms with Gasteiger partial charge in [-0.25, -0.2) is 4.90 Å². The van der Waals surface area contributed by atoms with Gasteiger partial charge in [-0.2, -0.15) is 0 Å². The summed E-state index contributed by atoms with van der Waals surface area (Å²) in [5, 5.41) is 0.617. The normalized spacial score (nSPS) is 19.8. The highest BCUT2D eigenvalue weighted by molar-refractivity contribution is 14.1. The van der Waals surface area contributed by atoms with Crippen molar-refractivity contribution in [2.75, 3.05) is 4.90 Å². The van der Waals surface area contributed by atoms with Gasteiger partial charge < -0.3 is 4.90 Å². The molecule has 0 aromatic heterocycles. The molecule has 3 amide bonds. The van der Waals surface area contributed by atoms with Gasteiger partial charge in [0, 0.05) is 14.6 Å². The number of anilines is 1. The van der Waals surface area contributed by atoms with Crippen molar-refractivity contribution in [3.63, 3.8) is 0 Å². The molecule has 1 aliphatic heterocycles. The molecule has 0 radical (unpaired) electrons. The molecule has 168 valence electrons. The highest BCUT2D eigenvalue weighted by Gasteiger charge is 2.46. The van der Waals surface area contributed by atoms with Gasteiger partial charge in [-0.15, -0.1) is 0 Å². The molecule has 7 heteroatoms. The molecule has 1 saturated carbocycles. The Morgan fingerprint density at radius 3 is 2.22 bits per heavy atom. The van der Waals surface area contributed by atoms with Crippen LogP contribution in [0.15, 0.2) is 48.5 Å². The lowest BCUT2D eigenvalue weighted by atomic mass is 10.0. The van der Waals surface area contributed by atoms with Gasteiger partial charge >= 0.3 is 0 Å². The number of hydrogen-bond acceptors (Lipinski definition) is 3. The van der Waals surface area contributed by atoms with Crippen molar-refractivity contribution in [3.05, 3.63) is 62.7 Å². The molecule has 1 saturated heterocycles. The van der Waals surface area contributed by atoms with Crippen LogP contribution in [-0.4, -0.2) is 34.7 Å². The summed E-state index contributed by atoms with van der Waals surface area (Å²) >= 11 is 8.18. The van der Waals surface area contributed by atoms with Crippen LogP contribution in [0, 0.1) is 3.57 Å². The molecule has 0 spiro atoms. The van der Waals surface area contributed by atoms with Crippen molar-refractivity contribution in [1.82, 2.24) is 4.90 Å². The van der Waals surface area contributed by atoms with Gasteiger partial charge in [0.25, 0.3) is 5.91 Å². The van der Waals surface area contributed by atoms with E-state index in [1.807, 2.05) is 24.3 Å². The molecule has 0 bridgehead atoms. The Kier molecular flexibility index (Phi) is 7.51. The van der Waals surface area contributed by atoms with Crippen molar-refractivity contribution in [2.24, 2.45) is 0 Å². The number of hydrogen-bond donors (Lipinski definition) is 0. The molecular weight excluding hydrogens is 539 g/mol. The molecule has 4 rings (SSSR count). The third-order valence-electron chi connectivity index (χ3n) is 6.32. The van der Waals surface area contributed by atoms with Crippen LogP contribution in [0.25, 0.3) is 0 Å². The minimum absolute atomic E-state index is 0.0178. The highest BCUT2D eigenvalue weighted by Crippen LogP contribution is 2.31. The second kappa shape index (κ2) is 10.3. The van der Waals surface area contributed by atoms with E-state index in [2.05, 4.69) is 22.6 Å². The third-order valence-corrected chi connectivity index (χ3v) is 7.29. The van der Waals surface area contributed by atoms with Crippen molar-refractivity contribution in [1.29, 1.82) is 0 Å². The predicted molar refractivity (Wildman–Crippen MR) is 134 cm³/mol. The van der Waals surface area contributed by atoms with E-state index in [0.717, 1.165) is 47.7 Å². The number of halogens is 2. The molecule has 1 heterocycles. The Bertz CT molecular complexity index is 985. The van der Waals surface area contributed by atoms with Gasteiger partial charge in [-0.1, -0.05) is 49.4 Å². The van der Waals surface area contributed by atoms with E-state index in [4.69, 9.17) is 11.6 Å². The lowest BCUT2D eigenvalue weighted by molar-refractivity contribution is -0.140. The smallest absolute Gasteiger partial charge is 0.257 e. The van der Waals surface area contributed by atoms with Gasteiger partial charge in [0.15, 0.2) is 0 Å². The minimum Gasteiger partial charge on any atom is -0.327 e. The zero-order chi connectivity index (χ0) is 22.7. The summed E-state index contributed by atoms with van der Waals surface area (Å²) in [6, 6.07) is 13.8. The van der Waals surface area contributed by atoms with E-state index in [0.29, 0.717) is 10.7 Å². The maximum Gasteiger partial charge on any atom is 0.257 e. The van der Waals surface area contributed by atoms with Gasteiger partial charge in [0.1, 0.15) is 6.04 Å². The minimum atomic E-state index is -0.746. The van der Waals surface area contributed by atoms with E-state index in [1.165, 1.54) is 4.90 Å². The second-order valence-corrected chi connectivity index (χ2v) is 10.2. The average Bonchev–Trinajstić information content (AvgIpc) is 2.94. The van der Waals surface area contributed by atoms with Crippen LogP contribution in [0.3, 0.4) is 0 Å². The molecular formula is C25H26ClIN2O3. The average molecular weight is 565 g/mol. The monoisotopic (exact) mass is 564 g/mol. The van der Waals surface area contributed by atoms with E-state index < -0.39 is 6.04 Å². The summed E-state index contributed by atoms with van der Waals surface area (Å²) < 4.78 is 1.03. The van der Waals surface area contributed by atoms with E-state index in [-0.39, 0.29) is 36.6 Å². The summed E-state index contributed by atoms with van der Waals surface area (Å²) in [7, 11) is 0. The quantitative estimate of drug-likeness (QED) is 0.279. The zero-order valence-electron chi connectivity index (χ0n) is 17.8. The molecule has 2 fully saturated rings. The van der Waals surface area contributed by atoms with Crippen LogP contribution in [0.2, 0.25) is 5.02 Å². The van der Waals surface area contributed by atoms with Crippen LogP contribution in [0.4, 0.5) is 5.69 Å². The number of benzene rings is 2. The number of carbonyl (C=O) groups is 3. The lowest BCUT2D eigenvalue weighted by Crippen LogP contribution is -2.51. The van der Waals surface area contributed by atoms with E-state index in [1.54, 1.807) is 29.2 Å². The molecule has 2 aromatic carbocycles. The van der Waals surface area contributed by atoms with Gasteiger partial charge in [-0.05, 0) is 77.4 Å². The third kappa shape index (κ3) is 5.17. The van der Waals surface area contributed by atoms with E-state index in [9.17, 15) is 14.4 Å². The van der Waals surface area contributed by atoms with Crippen LogP contribution >= 0.6 is 34.2 Å². The number of nitrogens with zero attached hydrogens (tertiary/aromatic N) is 2. The van der Waals surface area contributed by atoms with Crippen LogP contribution in [0.1, 0.15) is 50.5 Å². The fraction of sp³-hybridized carbons (Fsp3) is 0.400. The SMILES string of the molecule is O=C1CC(N(C(=O)Cc2ccc(Cl)cc2)C2CCCCCC2)C(=O)N1c1ccc(I)cc1. The zero-order valence-corrected chi connectivity index (χ0v) is 20.7. The Balaban J connectivity index is 1.62. The fourth-order valence-electron chi connectivity index (χ4n) is 4.73. The van der Waals surface area contributed by atoms with Gasteiger partial charge in [0.05, 0.1) is 18.5 Å².